The van der Waals surface area contributed by atoms with E-state index in [0.717, 1.165) is 10.6 Å². The lowest BCUT2D eigenvalue weighted by Crippen LogP contribution is -2.26. The zero-order chi connectivity index (χ0) is 17.4. The number of halogens is 4. The second-order valence-electron chi connectivity index (χ2n) is 6.34. The van der Waals surface area contributed by atoms with Gasteiger partial charge in [-0.3, -0.25) is 9.36 Å². The lowest BCUT2D eigenvalue weighted by molar-refractivity contribution is 0.0846. The van der Waals surface area contributed by atoms with Gasteiger partial charge in [0.2, 0.25) is 5.28 Å². The van der Waals surface area contributed by atoms with Crippen LogP contribution in [0.5, 0.6) is 0 Å². The Hall–Kier alpha value is -0.473. The summed E-state index contributed by atoms with van der Waals surface area (Å²) in [5.74, 6) is -0.710. The first-order chi connectivity index (χ1) is 10.6. The van der Waals surface area contributed by atoms with Crippen LogP contribution in [0.15, 0.2) is 15.3 Å². The van der Waals surface area contributed by atoms with Crippen molar-refractivity contribution < 1.29 is 9.13 Å². The van der Waals surface area contributed by atoms with Crippen molar-refractivity contribution in [3.8, 4) is 0 Å². The lowest BCUT2D eigenvalue weighted by Gasteiger charge is -2.16. The quantitative estimate of drug-likeness (QED) is 0.286. The fourth-order valence-electron chi connectivity index (χ4n) is 1.89. The molecule has 0 spiro atoms. The molecule has 23 heavy (non-hydrogen) atoms. The van der Waals surface area contributed by atoms with Crippen molar-refractivity contribution in [3.05, 3.63) is 37.0 Å². The number of aromatic nitrogens is 2. The first-order valence-electron chi connectivity index (χ1n) is 6.93. The molecule has 0 aliphatic heterocycles. The third-order valence-corrected chi connectivity index (χ3v) is 6.55. The minimum Gasteiger partial charge on any atom is -0.361 e. The molecule has 0 saturated carbocycles. The van der Waals surface area contributed by atoms with E-state index >= 15 is 0 Å². The van der Waals surface area contributed by atoms with Crippen molar-refractivity contribution in [2.45, 2.75) is 32.4 Å². The van der Waals surface area contributed by atoms with Gasteiger partial charge in [0.05, 0.1) is 14.9 Å². The van der Waals surface area contributed by atoms with E-state index in [1.54, 1.807) is 0 Å². The molecule has 1 heterocycles. The van der Waals surface area contributed by atoms with Crippen LogP contribution in [0, 0.1) is 5.82 Å². The smallest absolute Gasteiger partial charge is 0.264 e. The molecule has 9 heteroatoms. The summed E-state index contributed by atoms with van der Waals surface area (Å²) < 4.78 is 20.9. The van der Waals surface area contributed by atoms with E-state index in [2.05, 4.69) is 40.6 Å². The van der Waals surface area contributed by atoms with Gasteiger partial charge in [0.25, 0.3) is 5.56 Å². The van der Waals surface area contributed by atoms with Crippen LogP contribution < -0.4 is 5.56 Å². The minimum absolute atomic E-state index is 0.0274. The highest BCUT2D eigenvalue weighted by molar-refractivity contribution is 9.10. The Morgan fingerprint density at radius 3 is 2.65 bits per heavy atom. The predicted octanol–water partition coefficient (Wildman–Crippen LogP) is 4.92. The molecule has 0 aliphatic rings. The maximum atomic E-state index is 14.2. The molecule has 126 valence electrons. The second kappa shape index (κ2) is 7.19. The first-order valence-corrected chi connectivity index (χ1v) is 12.2. The van der Waals surface area contributed by atoms with Gasteiger partial charge < -0.3 is 4.74 Å². The van der Waals surface area contributed by atoms with Gasteiger partial charge in [-0.05, 0) is 39.6 Å². The Labute approximate surface area is 152 Å². The molecule has 0 N–H and O–H groups in total. The van der Waals surface area contributed by atoms with Crippen molar-refractivity contribution in [2.24, 2.45) is 0 Å². The Morgan fingerprint density at radius 1 is 1.39 bits per heavy atom. The Balaban J connectivity index is 2.35. The van der Waals surface area contributed by atoms with Gasteiger partial charge >= 0.3 is 0 Å². The van der Waals surface area contributed by atoms with Crippen LogP contribution >= 0.6 is 39.1 Å². The third kappa shape index (κ3) is 4.33. The Bertz CT molecular complexity index is 808. The van der Waals surface area contributed by atoms with Crippen LogP contribution in [0.3, 0.4) is 0 Å². The van der Waals surface area contributed by atoms with Crippen molar-refractivity contribution >= 4 is 58.1 Å². The number of rotatable bonds is 5. The van der Waals surface area contributed by atoms with Crippen LogP contribution in [0.1, 0.15) is 0 Å². The molecule has 0 atom stereocenters. The molecule has 0 amide bonds. The monoisotopic (exact) mass is 440 g/mol. The molecule has 0 saturated heterocycles. The predicted molar refractivity (Wildman–Crippen MR) is 97.8 cm³/mol. The number of fused-ring (bicyclic) bond motifs is 1. The van der Waals surface area contributed by atoms with Crippen LogP contribution in [0.2, 0.25) is 36.0 Å². The maximum absolute atomic E-state index is 14.2. The fourth-order valence-corrected chi connectivity index (χ4v) is 3.35. The second-order valence-corrected chi connectivity index (χ2v) is 13.5. The molecule has 0 fully saturated rings. The molecular formula is C14H16BrCl2FN2O2Si. The van der Waals surface area contributed by atoms with Gasteiger partial charge in [0, 0.05) is 14.7 Å². The maximum Gasteiger partial charge on any atom is 0.264 e. The summed E-state index contributed by atoms with van der Waals surface area (Å²) in [5, 5.41) is 0.0416. The van der Waals surface area contributed by atoms with E-state index in [4.69, 9.17) is 27.9 Å². The van der Waals surface area contributed by atoms with Crippen molar-refractivity contribution in [1.82, 2.24) is 9.55 Å². The van der Waals surface area contributed by atoms with E-state index < -0.39 is 19.5 Å². The van der Waals surface area contributed by atoms with Crippen molar-refractivity contribution in [2.75, 3.05) is 6.61 Å². The van der Waals surface area contributed by atoms with E-state index in [-0.39, 0.29) is 32.4 Å². The average molecular weight is 442 g/mol. The summed E-state index contributed by atoms with van der Waals surface area (Å²) in [6.45, 7) is 7.20. The Kier molecular flexibility index (Phi) is 5.89. The highest BCUT2D eigenvalue weighted by Crippen LogP contribution is 2.30. The molecule has 1 aromatic heterocycles. The van der Waals surface area contributed by atoms with E-state index in [1.807, 2.05) is 0 Å². The summed E-state index contributed by atoms with van der Waals surface area (Å²) in [6, 6.07) is 2.34. The van der Waals surface area contributed by atoms with Crippen molar-refractivity contribution in [1.29, 1.82) is 0 Å². The van der Waals surface area contributed by atoms with Crippen molar-refractivity contribution in [3.63, 3.8) is 0 Å². The molecule has 0 unspecified atom stereocenters. The number of hydrogen-bond acceptors (Lipinski definition) is 3. The first kappa shape index (κ1) is 18.9. The van der Waals surface area contributed by atoms with Crippen LogP contribution in [0.25, 0.3) is 10.9 Å². The third-order valence-electron chi connectivity index (χ3n) is 3.26. The highest BCUT2D eigenvalue weighted by Gasteiger charge is 2.18. The van der Waals surface area contributed by atoms with Gasteiger partial charge in [-0.1, -0.05) is 31.2 Å². The van der Waals surface area contributed by atoms with E-state index in [1.165, 1.54) is 6.07 Å². The molecule has 0 radical (unpaired) electrons. The summed E-state index contributed by atoms with van der Waals surface area (Å²) >= 11 is 14.9. The largest absolute Gasteiger partial charge is 0.361 e. The molecule has 2 aromatic rings. The van der Waals surface area contributed by atoms with Gasteiger partial charge in [-0.15, -0.1) is 0 Å². The fraction of sp³-hybridized carbons (Fsp3) is 0.429. The molecule has 2 rings (SSSR count). The Morgan fingerprint density at radius 2 is 2.04 bits per heavy atom. The molecule has 0 aliphatic carbocycles. The topological polar surface area (TPSA) is 44.1 Å². The summed E-state index contributed by atoms with van der Waals surface area (Å²) in [5.41, 5.74) is -0.601. The van der Waals surface area contributed by atoms with Crippen LogP contribution in [-0.4, -0.2) is 24.2 Å². The summed E-state index contributed by atoms with van der Waals surface area (Å²) in [7, 11) is -1.22. The normalized spacial score (nSPS) is 12.1. The van der Waals surface area contributed by atoms with Gasteiger partial charge in [0.1, 0.15) is 12.2 Å². The minimum atomic E-state index is -1.22. The van der Waals surface area contributed by atoms with Gasteiger partial charge in [-0.2, -0.15) is 0 Å². The molecular weight excluding hydrogens is 426 g/mol. The number of benzene rings is 1. The highest BCUT2D eigenvalue weighted by atomic mass is 79.9. The van der Waals surface area contributed by atoms with Gasteiger partial charge in [0.15, 0.2) is 5.82 Å². The van der Waals surface area contributed by atoms with Crippen LogP contribution in [0.4, 0.5) is 4.39 Å². The molecule has 1 aromatic carbocycles. The zero-order valence-corrected chi connectivity index (χ0v) is 17.0. The lowest BCUT2D eigenvalue weighted by atomic mass is 10.2. The number of nitrogens with zero attached hydrogens (tertiary/aromatic N) is 2. The number of ether oxygens (including phenoxy) is 1. The zero-order valence-electron chi connectivity index (χ0n) is 12.9. The van der Waals surface area contributed by atoms with E-state index in [9.17, 15) is 9.18 Å². The van der Waals surface area contributed by atoms with Crippen LogP contribution in [-0.2, 0) is 11.5 Å². The summed E-state index contributed by atoms with van der Waals surface area (Å²) in [6.07, 6.45) is 0. The number of hydrogen-bond donors (Lipinski definition) is 0. The summed E-state index contributed by atoms with van der Waals surface area (Å²) in [4.78, 5) is 16.4. The standard InChI is InChI=1S/C14H16BrCl2FN2O2Si/c1-23(2,3)5-4-22-7-20-13(21)8-6-9(16)10(15)11(18)12(8)19-14(20)17/h6H,4-5,7H2,1-3H3. The SMILES string of the molecule is C[Si](C)(C)CCOCn1c(Cl)nc2c(F)c(Br)c(Cl)cc2c1=O. The average Bonchev–Trinajstić information content (AvgIpc) is 2.44. The molecule has 0 bridgehead atoms. The van der Waals surface area contributed by atoms with E-state index in [0.29, 0.717) is 6.61 Å². The molecule has 4 nitrogen and oxygen atoms in total. The van der Waals surface area contributed by atoms with Gasteiger partial charge in [-0.25, -0.2) is 9.37 Å².